The molecule has 1 amide bonds. The van der Waals surface area contributed by atoms with Gasteiger partial charge in [-0.2, -0.15) is 0 Å². The van der Waals surface area contributed by atoms with Crippen molar-refractivity contribution in [2.24, 2.45) is 0 Å². The highest BCUT2D eigenvalue weighted by atomic mass is 31.2. The van der Waals surface area contributed by atoms with E-state index in [1.807, 2.05) is 70.6 Å². The summed E-state index contributed by atoms with van der Waals surface area (Å²) in [4.78, 5) is 25.2. The van der Waals surface area contributed by atoms with E-state index in [-0.39, 0.29) is 18.9 Å². The van der Waals surface area contributed by atoms with Crippen molar-refractivity contribution in [3.8, 4) is 0 Å². The normalized spacial score (nSPS) is 15.7. The first kappa shape index (κ1) is 52.9. The lowest BCUT2D eigenvalue weighted by Crippen LogP contribution is -2.45. The Balaban J connectivity index is 4.62. The molecule has 9 nitrogen and oxygen atoms in total. The van der Waals surface area contributed by atoms with E-state index < -0.39 is 32.7 Å². The van der Waals surface area contributed by atoms with Crippen LogP contribution in [0.15, 0.2) is 72.9 Å². The van der Waals surface area contributed by atoms with Gasteiger partial charge in [0.25, 0.3) is 7.82 Å². The molecule has 3 N–H and O–H groups in total. The number of allylic oxidation sites excluding steroid dienone is 9. The van der Waals surface area contributed by atoms with Gasteiger partial charge in [-0.05, 0) is 51.4 Å². The van der Waals surface area contributed by atoms with Crippen molar-refractivity contribution in [1.29, 1.82) is 0 Å². The number of unbranched alkanes of at least 4 members (excludes halogenated alkanes) is 14. The van der Waals surface area contributed by atoms with Gasteiger partial charge < -0.3 is 34.0 Å². The Morgan fingerprint density at radius 1 is 0.709 bits per heavy atom. The molecular formula is C45H81N2O7P. The molecule has 10 heteroatoms. The van der Waals surface area contributed by atoms with Gasteiger partial charge >= 0.3 is 0 Å². The molecule has 0 aliphatic heterocycles. The van der Waals surface area contributed by atoms with Gasteiger partial charge in [-0.1, -0.05) is 164 Å². The molecule has 0 fully saturated rings. The molecule has 0 aliphatic carbocycles. The predicted molar refractivity (Wildman–Crippen MR) is 229 cm³/mol. The van der Waals surface area contributed by atoms with Gasteiger partial charge in [0.2, 0.25) is 5.91 Å². The van der Waals surface area contributed by atoms with E-state index >= 15 is 0 Å². The quantitative estimate of drug-likeness (QED) is 0.0188. The number of rotatable bonds is 37. The monoisotopic (exact) mass is 793 g/mol. The van der Waals surface area contributed by atoms with Gasteiger partial charge in [-0.3, -0.25) is 9.36 Å². The lowest BCUT2D eigenvalue weighted by Gasteiger charge is -2.29. The summed E-state index contributed by atoms with van der Waals surface area (Å²) in [6, 6.07) is -0.931. The Kier molecular flexibility index (Phi) is 34.9. The summed E-state index contributed by atoms with van der Waals surface area (Å²) >= 11 is 0. The van der Waals surface area contributed by atoms with Crippen LogP contribution in [0, 0.1) is 0 Å². The highest BCUT2D eigenvalue weighted by Crippen LogP contribution is 2.38. The van der Waals surface area contributed by atoms with Gasteiger partial charge in [0.15, 0.2) is 0 Å². The van der Waals surface area contributed by atoms with Crippen LogP contribution in [0.2, 0.25) is 0 Å². The van der Waals surface area contributed by atoms with E-state index in [0.717, 1.165) is 44.9 Å². The van der Waals surface area contributed by atoms with Crippen LogP contribution in [0.4, 0.5) is 0 Å². The second-order valence-corrected chi connectivity index (χ2v) is 16.9. The molecular weight excluding hydrogens is 711 g/mol. The third kappa shape index (κ3) is 38.5. The van der Waals surface area contributed by atoms with Crippen molar-refractivity contribution >= 4 is 13.7 Å². The molecule has 318 valence electrons. The zero-order chi connectivity index (χ0) is 40.9. The number of phosphoric ester groups is 1. The molecule has 0 aromatic carbocycles. The maximum atomic E-state index is 12.8. The number of nitrogens with zero attached hydrogens (tertiary/aromatic N) is 1. The van der Waals surface area contributed by atoms with Gasteiger partial charge in [0.05, 0.1) is 46.0 Å². The molecule has 0 aliphatic rings. The van der Waals surface area contributed by atoms with E-state index in [4.69, 9.17) is 9.05 Å². The lowest BCUT2D eigenvalue weighted by molar-refractivity contribution is -0.870. The predicted octanol–water partition coefficient (Wildman–Crippen LogP) is 9.97. The number of quaternary nitrogens is 1. The summed E-state index contributed by atoms with van der Waals surface area (Å²) in [7, 11) is 1.18. The van der Waals surface area contributed by atoms with E-state index in [1.54, 1.807) is 6.08 Å². The van der Waals surface area contributed by atoms with Crippen molar-refractivity contribution in [2.45, 2.75) is 167 Å². The minimum Gasteiger partial charge on any atom is -0.756 e. The zero-order valence-electron chi connectivity index (χ0n) is 35.5. The molecule has 55 heavy (non-hydrogen) atoms. The number of carbonyl (C=O) groups is 1. The third-order valence-corrected chi connectivity index (χ3v) is 9.96. The summed E-state index contributed by atoms with van der Waals surface area (Å²) in [5.74, 6) is -0.273. The molecule has 0 rings (SSSR count). The van der Waals surface area contributed by atoms with Crippen LogP contribution in [0.25, 0.3) is 0 Å². The van der Waals surface area contributed by atoms with Crippen LogP contribution in [0.5, 0.6) is 0 Å². The Bertz CT molecular complexity index is 1140. The number of nitrogens with one attached hydrogen (secondary N) is 1. The number of likely N-dealkylation sites (N-methyl/N-ethyl adjacent to an activating group) is 1. The number of carbonyl (C=O) groups excluding carboxylic acids is 1. The van der Waals surface area contributed by atoms with Crippen molar-refractivity contribution in [3.05, 3.63) is 72.9 Å². The number of aliphatic hydroxyl groups excluding tert-OH is 2. The van der Waals surface area contributed by atoms with E-state index in [0.29, 0.717) is 23.9 Å². The van der Waals surface area contributed by atoms with Crippen molar-refractivity contribution in [3.63, 3.8) is 0 Å². The molecule has 0 spiro atoms. The molecule has 0 heterocycles. The summed E-state index contributed by atoms with van der Waals surface area (Å²) in [5.41, 5.74) is 0. The van der Waals surface area contributed by atoms with Crippen molar-refractivity contribution in [1.82, 2.24) is 5.32 Å². The molecule has 0 aromatic heterocycles. The molecule has 0 bridgehead atoms. The van der Waals surface area contributed by atoms with Crippen molar-refractivity contribution in [2.75, 3.05) is 40.9 Å². The highest BCUT2D eigenvalue weighted by Gasteiger charge is 2.23. The molecule has 0 saturated heterocycles. The number of hydrogen-bond donors (Lipinski definition) is 3. The average Bonchev–Trinajstić information content (AvgIpc) is 3.13. The van der Waals surface area contributed by atoms with Crippen LogP contribution in [0.3, 0.4) is 0 Å². The van der Waals surface area contributed by atoms with Gasteiger partial charge in [-0.25, -0.2) is 0 Å². The highest BCUT2D eigenvalue weighted by molar-refractivity contribution is 7.45. The lowest BCUT2D eigenvalue weighted by atomic mass is 10.0. The summed E-state index contributed by atoms with van der Waals surface area (Å²) < 4.78 is 23.1. The molecule has 0 saturated carbocycles. The minimum absolute atomic E-state index is 0.0229. The largest absolute Gasteiger partial charge is 0.756 e. The smallest absolute Gasteiger partial charge is 0.268 e. The van der Waals surface area contributed by atoms with E-state index in [9.17, 15) is 24.5 Å². The van der Waals surface area contributed by atoms with E-state index in [1.165, 1.54) is 70.6 Å². The Hall–Kier alpha value is -2.10. The number of phosphoric acid groups is 1. The first-order chi connectivity index (χ1) is 26.4. The van der Waals surface area contributed by atoms with Crippen molar-refractivity contribution < 1.29 is 38.0 Å². The minimum atomic E-state index is -4.61. The standard InChI is InChI=1S/C45H81N2O7P/c1-6-8-10-11-12-13-14-15-16-17-21-24-27-30-33-37-44(49)43(41-54-55(51,52)53-40-39-47(3,4)5)46-45(50)38-34-31-28-25-22-19-18-20-23-26-29-32-36-42(48)35-9-7-2/h9,18-19,23,25-26,28-29,32-33,35,37,42-44,48-49H,6-8,10-17,20-22,24,27,30-31,34,36,38-41H2,1-5H3,(H-,46,50,51,52)/b19-18-,26-23-,28-25-,32-29+,35-9-,37-33+/t42?,43-,44+/m0/s1. The fraction of sp³-hybridized carbons (Fsp3) is 0.711. The summed E-state index contributed by atoms with van der Waals surface area (Å²) in [6.07, 6.45) is 44.3. The first-order valence-corrected chi connectivity index (χ1v) is 22.9. The first-order valence-electron chi connectivity index (χ1n) is 21.4. The molecule has 0 radical (unpaired) electrons. The maximum Gasteiger partial charge on any atom is 0.268 e. The second kappa shape index (κ2) is 36.3. The fourth-order valence-electron chi connectivity index (χ4n) is 5.56. The van der Waals surface area contributed by atoms with Crippen LogP contribution in [0.1, 0.15) is 149 Å². The third-order valence-electron chi connectivity index (χ3n) is 9.00. The molecule has 2 unspecified atom stereocenters. The Morgan fingerprint density at radius 3 is 1.89 bits per heavy atom. The van der Waals surface area contributed by atoms with Gasteiger partial charge in [0, 0.05) is 6.42 Å². The topological polar surface area (TPSA) is 128 Å². The number of amides is 1. The molecule has 4 atom stereocenters. The Morgan fingerprint density at radius 2 is 1.27 bits per heavy atom. The van der Waals surface area contributed by atoms with Gasteiger partial charge in [-0.15, -0.1) is 0 Å². The van der Waals surface area contributed by atoms with E-state index in [2.05, 4.69) is 36.5 Å². The maximum absolute atomic E-state index is 12.8. The van der Waals surface area contributed by atoms with Gasteiger partial charge in [0.1, 0.15) is 13.2 Å². The second-order valence-electron chi connectivity index (χ2n) is 15.5. The summed E-state index contributed by atoms with van der Waals surface area (Å²) in [5, 5.41) is 23.5. The summed E-state index contributed by atoms with van der Waals surface area (Å²) in [6.45, 7) is 4.33. The number of aliphatic hydroxyl groups is 2. The SMILES string of the molecule is CC/C=C\C(O)C/C=C/C=C\C/C=C\C/C=C\CCCC(=O)N[C@@H](COP(=O)([O-])OCC[N+](C)(C)C)[C@H](O)/C=C/CCCCCCCCCCCCCCC. The van der Waals surface area contributed by atoms with Crippen LogP contribution >= 0.6 is 7.82 Å². The average molecular weight is 793 g/mol. The van der Waals surface area contributed by atoms with Crippen LogP contribution < -0.4 is 10.2 Å². The fourth-order valence-corrected chi connectivity index (χ4v) is 6.28. The van der Waals surface area contributed by atoms with Crippen LogP contribution in [-0.4, -0.2) is 79.8 Å². The number of hydrogen-bond acceptors (Lipinski definition) is 7. The Labute approximate surface area is 336 Å². The zero-order valence-corrected chi connectivity index (χ0v) is 36.4. The van der Waals surface area contributed by atoms with Crippen LogP contribution in [-0.2, 0) is 18.4 Å². The molecule has 0 aromatic rings.